The summed E-state index contributed by atoms with van der Waals surface area (Å²) in [6.07, 6.45) is 28.4. The van der Waals surface area contributed by atoms with Gasteiger partial charge in [0, 0.05) is 26.1 Å². The van der Waals surface area contributed by atoms with Gasteiger partial charge in [-0.3, -0.25) is 9.59 Å². The molecule has 7 heteroatoms. The third kappa shape index (κ3) is 32.8. The molecule has 0 saturated heterocycles. The quantitative estimate of drug-likeness (QED) is 0.0484. The maximum atomic E-state index is 12.4. The van der Waals surface area contributed by atoms with E-state index in [-0.39, 0.29) is 18.0 Å². The lowest BCUT2D eigenvalue weighted by Gasteiger charge is -2.18. The van der Waals surface area contributed by atoms with Crippen LogP contribution in [0.2, 0.25) is 0 Å². The van der Waals surface area contributed by atoms with Gasteiger partial charge in [0.2, 0.25) is 0 Å². The average Bonchev–Trinajstić information content (AvgIpc) is 3.18. The largest absolute Gasteiger partial charge is 0.466 e. The molecule has 320 valence electrons. The van der Waals surface area contributed by atoms with E-state index in [1.807, 2.05) is 18.2 Å². The van der Waals surface area contributed by atoms with Crippen molar-refractivity contribution in [3.8, 4) is 0 Å². The average molecular weight is 775 g/mol. The fourth-order valence-corrected chi connectivity index (χ4v) is 7.11. The van der Waals surface area contributed by atoms with Crippen LogP contribution in [0.15, 0.2) is 30.3 Å². The molecule has 1 aromatic rings. The minimum absolute atomic E-state index is 0.0674. The van der Waals surface area contributed by atoms with Gasteiger partial charge in [0.25, 0.3) is 0 Å². The van der Waals surface area contributed by atoms with Crippen LogP contribution in [0.25, 0.3) is 0 Å². The first-order valence-electron chi connectivity index (χ1n) is 23.1. The molecule has 0 radical (unpaired) electrons. The van der Waals surface area contributed by atoms with E-state index < -0.39 is 0 Å². The fourth-order valence-electron chi connectivity index (χ4n) is 7.11. The third-order valence-electron chi connectivity index (χ3n) is 10.7. The first-order chi connectivity index (χ1) is 27.0. The highest BCUT2D eigenvalue weighted by Crippen LogP contribution is 2.22. The summed E-state index contributed by atoms with van der Waals surface area (Å²) in [7, 11) is 0. The number of hydrogen-bond donors (Lipinski definition) is 0. The van der Waals surface area contributed by atoms with E-state index in [1.54, 1.807) is 0 Å². The van der Waals surface area contributed by atoms with Gasteiger partial charge in [-0.05, 0) is 55.9 Å². The first-order valence-corrected chi connectivity index (χ1v) is 23.1. The van der Waals surface area contributed by atoms with Crippen LogP contribution in [0.3, 0.4) is 0 Å². The Morgan fingerprint density at radius 1 is 0.473 bits per heavy atom. The predicted octanol–water partition coefficient (Wildman–Crippen LogP) is 13.1. The van der Waals surface area contributed by atoms with Crippen molar-refractivity contribution in [1.29, 1.82) is 0 Å². The van der Waals surface area contributed by atoms with E-state index in [0.717, 1.165) is 56.9 Å². The van der Waals surface area contributed by atoms with Crippen LogP contribution >= 0.6 is 0 Å². The van der Waals surface area contributed by atoms with E-state index in [4.69, 9.17) is 23.7 Å². The monoisotopic (exact) mass is 775 g/mol. The number of carbonyl (C=O) groups is 2. The molecule has 0 saturated carbocycles. The first kappa shape index (κ1) is 51.1. The van der Waals surface area contributed by atoms with Gasteiger partial charge < -0.3 is 23.7 Å². The molecule has 0 aromatic heterocycles. The second-order valence-corrected chi connectivity index (χ2v) is 15.9. The second-order valence-electron chi connectivity index (χ2n) is 15.9. The molecule has 0 spiro atoms. The Labute approximate surface area is 339 Å². The lowest BCUT2D eigenvalue weighted by Crippen LogP contribution is -2.26. The van der Waals surface area contributed by atoms with Gasteiger partial charge in [0.05, 0.1) is 33.0 Å². The maximum absolute atomic E-state index is 12.4. The molecule has 0 bridgehead atoms. The van der Waals surface area contributed by atoms with Gasteiger partial charge >= 0.3 is 11.9 Å². The Morgan fingerprint density at radius 2 is 0.927 bits per heavy atom. The van der Waals surface area contributed by atoms with Crippen LogP contribution in [-0.2, 0) is 39.9 Å². The molecule has 0 heterocycles. The molecule has 0 amide bonds. The topological polar surface area (TPSA) is 80.3 Å². The lowest BCUT2D eigenvalue weighted by atomic mass is 9.92. The fraction of sp³-hybridized carbons (Fsp3) is 0.833. The molecule has 7 nitrogen and oxygen atoms in total. The van der Waals surface area contributed by atoms with Crippen molar-refractivity contribution in [2.24, 2.45) is 11.8 Å². The molecule has 55 heavy (non-hydrogen) atoms. The van der Waals surface area contributed by atoms with Crippen molar-refractivity contribution in [2.45, 2.75) is 207 Å². The second kappa shape index (κ2) is 38.9. The zero-order valence-corrected chi connectivity index (χ0v) is 36.3. The highest BCUT2D eigenvalue weighted by molar-refractivity contribution is 5.69. The summed E-state index contributed by atoms with van der Waals surface area (Å²) < 4.78 is 29.5. The van der Waals surface area contributed by atoms with Gasteiger partial charge in [-0.25, -0.2) is 0 Å². The molecule has 1 rings (SSSR count). The Balaban J connectivity index is 2.28. The van der Waals surface area contributed by atoms with Crippen molar-refractivity contribution >= 4 is 11.9 Å². The normalized spacial score (nSPS) is 12.1. The van der Waals surface area contributed by atoms with Gasteiger partial charge in [-0.1, -0.05) is 174 Å². The standard InChI is InChI=1S/C48H86O7/c1-5-9-16-26-43(27-17-10-6-2)34-38-54-47(49)32-22-14-24-36-51-41-46(42-52-40-45-30-20-13-21-31-45)53-37-25-15-23-33-48(50)55-39-35-44(28-18-11-7-3)29-19-12-8-4/h13,20-21,30-31,43-44,46H,5-12,14-19,22-29,32-42H2,1-4H3. The minimum Gasteiger partial charge on any atom is -0.466 e. The third-order valence-corrected chi connectivity index (χ3v) is 10.7. The molecule has 0 N–H and O–H groups in total. The highest BCUT2D eigenvalue weighted by atomic mass is 16.6. The van der Waals surface area contributed by atoms with Gasteiger partial charge in [0.15, 0.2) is 0 Å². The molecule has 0 aliphatic heterocycles. The number of carbonyl (C=O) groups excluding carboxylic acids is 2. The summed E-state index contributed by atoms with van der Waals surface area (Å²) in [6, 6.07) is 10.2. The van der Waals surface area contributed by atoms with E-state index >= 15 is 0 Å². The Hall–Kier alpha value is -1.96. The summed E-state index contributed by atoms with van der Waals surface area (Å²) in [5, 5.41) is 0. The van der Waals surface area contributed by atoms with Crippen molar-refractivity contribution in [3.63, 3.8) is 0 Å². The molecule has 1 aromatic carbocycles. The van der Waals surface area contributed by atoms with Crippen LogP contribution in [0.4, 0.5) is 0 Å². The van der Waals surface area contributed by atoms with E-state index in [0.29, 0.717) is 70.9 Å². The molecule has 0 aliphatic carbocycles. The molecule has 1 unspecified atom stereocenters. The summed E-state index contributed by atoms with van der Waals surface area (Å²) in [4.78, 5) is 24.8. The SMILES string of the molecule is CCCCCC(CCCCC)CCOC(=O)CCCCCOCC(COCc1ccccc1)OCCCCCC(=O)OCCC(CCCCC)CCCCC. The zero-order chi connectivity index (χ0) is 39.9. The van der Waals surface area contributed by atoms with Crippen molar-refractivity contribution < 1.29 is 33.3 Å². The van der Waals surface area contributed by atoms with Crippen LogP contribution < -0.4 is 0 Å². The Bertz CT molecular complexity index is 950. The molecular weight excluding hydrogens is 689 g/mol. The molecular formula is C48H86O7. The Morgan fingerprint density at radius 3 is 1.40 bits per heavy atom. The number of ether oxygens (including phenoxy) is 5. The highest BCUT2D eigenvalue weighted by Gasteiger charge is 2.14. The molecule has 1 atom stereocenters. The molecule has 0 aliphatic rings. The summed E-state index contributed by atoms with van der Waals surface area (Å²) in [5.74, 6) is 1.23. The lowest BCUT2D eigenvalue weighted by molar-refractivity contribution is -0.145. The summed E-state index contributed by atoms with van der Waals surface area (Å²) >= 11 is 0. The van der Waals surface area contributed by atoms with Crippen molar-refractivity contribution in [2.75, 3.05) is 39.6 Å². The van der Waals surface area contributed by atoms with E-state index in [2.05, 4.69) is 39.8 Å². The smallest absolute Gasteiger partial charge is 0.305 e. The van der Waals surface area contributed by atoms with E-state index in [1.165, 1.54) is 103 Å². The van der Waals surface area contributed by atoms with Crippen LogP contribution in [0.1, 0.15) is 200 Å². The zero-order valence-electron chi connectivity index (χ0n) is 36.3. The van der Waals surface area contributed by atoms with Gasteiger partial charge in [0.1, 0.15) is 6.10 Å². The number of hydrogen-bond acceptors (Lipinski definition) is 7. The van der Waals surface area contributed by atoms with Crippen molar-refractivity contribution in [1.82, 2.24) is 0 Å². The summed E-state index contributed by atoms with van der Waals surface area (Å²) in [5.41, 5.74) is 1.13. The van der Waals surface area contributed by atoms with Crippen molar-refractivity contribution in [3.05, 3.63) is 35.9 Å². The number of benzene rings is 1. The minimum atomic E-state index is -0.154. The number of unbranched alkanes of at least 4 members (excludes halogenated alkanes) is 12. The van der Waals surface area contributed by atoms with Crippen LogP contribution in [0, 0.1) is 11.8 Å². The maximum Gasteiger partial charge on any atom is 0.305 e. The summed E-state index contributed by atoms with van der Waals surface area (Å²) in [6.45, 7) is 12.8. The van der Waals surface area contributed by atoms with Gasteiger partial charge in [-0.15, -0.1) is 0 Å². The molecule has 0 fully saturated rings. The van der Waals surface area contributed by atoms with Gasteiger partial charge in [-0.2, -0.15) is 0 Å². The van der Waals surface area contributed by atoms with Crippen LogP contribution in [-0.4, -0.2) is 57.7 Å². The number of esters is 2. The van der Waals surface area contributed by atoms with Crippen LogP contribution in [0.5, 0.6) is 0 Å². The van der Waals surface area contributed by atoms with E-state index in [9.17, 15) is 9.59 Å². The number of rotatable bonds is 41. The predicted molar refractivity (Wildman–Crippen MR) is 228 cm³/mol. The Kier molecular flexibility index (Phi) is 36.1.